The summed E-state index contributed by atoms with van der Waals surface area (Å²) in [6.07, 6.45) is -1.07. The number of hydrogen-bond acceptors (Lipinski definition) is 6. The molecule has 8 nitrogen and oxygen atoms in total. The van der Waals surface area contributed by atoms with E-state index >= 15 is 4.39 Å². The second-order valence-corrected chi connectivity index (χ2v) is 13.2. The number of amides is 1. The van der Waals surface area contributed by atoms with Gasteiger partial charge in [-0.2, -0.15) is 15.0 Å². The van der Waals surface area contributed by atoms with Gasteiger partial charge in [0, 0.05) is 5.56 Å². The molecule has 0 saturated carbocycles. The highest BCUT2D eigenvalue weighted by molar-refractivity contribution is 8.26. The summed E-state index contributed by atoms with van der Waals surface area (Å²) in [4.78, 5) is 15.4. The Hall–Kier alpha value is -2.87. The lowest BCUT2D eigenvalue weighted by Crippen LogP contribution is -2.58. The largest absolute Gasteiger partial charge is 0.465 e. The summed E-state index contributed by atoms with van der Waals surface area (Å²) in [7, 11) is -8.37. The van der Waals surface area contributed by atoms with E-state index in [-0.39, 0.29) is 28.9 Å². The normalized spacial score (nSPS) is 28.3. The first-order valence-electron chi connectivity index (χ1n) is 10.7. The molecule has 2 aromatic rings. The molecule has 13 heteroatoms. The summed E-state index contributed by atoms with van der Waals surface area (Å²) in [5, 5.41) is 8.50. The number of nitrogens with zero attached hydrogens (tertiary/aromatic N) is 1. The van der Waals surface area contributed by atoms with Crippen LogP contribution in [0.2, 0.25) is 0 Å². The average molecular weight is 545 g/mol. The molecule has 36 heavy (non-hydrogen) atoms. The number of nitrogens with one attached hydrogen (secondary N) is 1. The predicted octanol–water partition coefficient (Wildman–Crippen LogP) is 5.08. The fourth-order valence-electron chi connectivity index (χ4n) is 4.85. The van der Waals surface area contributed by atoms with Gasteiger partial charge in [0.15, 0.2) is 0 Å². The van der Waals surface area contributed by atoms with Crippen molar-refractivity contribution in [3.8, 4) is 0 Å². The van der Waals surface area contributed by atoms with Crippen LogP contribution in [0.15, 0.2) is 63.6 Å². The lowest BCUT2D eigenvalue weighted by molar-refractivity contribution is 0.199. The van der Waals surface area contributed by atoms with Crippen molar-refractivity contribution < 1.29 is 40.6 Å². The molecule has 1 saturated heterocycles. The van der Waals surface area contributed by atoms with Crippen LogP contribution in [0.3, 0.4) is 0 Å². The standard InChI is InChI=1S/C23H23F3N2O6S2/c1-22(18-9-10-23(13-24,36(18,33)34)20(28-22)27-21(29)30)16-11-14(7-8-17(16)25)12-19(26)35(31,32)15-5-3-2-4-6-15/h2-8,11-12,18,33-34H,9-10,13H2,1H3,(H,27,28)(H,29,30)/b19-12+/t18-,22+,23-/m0/s1. The van der Waals surface area contributed by atoms with Gasteiger partial charge in [-0.3, -0.25) is 19.4 Å². The highest BCUT2D eigenvalue weighted by Crippen LogP contribution is 2.72. The number of aliphatic imine (C=N–C) groups is 1. The number of rotatable bonds is 5. The third-order valence-electron chi connectivity index (χ3n) is 6.75. The zero-order valence-corrected chi connectivity index (χ0v) is 20.5. The summed E-state index contributed by atoms with van der Waals surface area (Å²) in [5.41, 5.74) is -2.11. The van der Waals surface area contributed by atoms with E-state index in [2.05, 4.69) is 4.99 Å². The number of carboxylic acid groups (broad SMARTS) is 1. The van der Waals surface area contributed by atoms with Crippen LogP contribution in [0, 0.1) is 5.82 Å². The molecule has 194 valence electrons. The first kappa shape index (κ1) is 26.2. The van der Waals surface area contributed by atoms with E-state index in [1.54, 1.807) is 6.07 Å². The second kappa shape index (κ2) is 8.91. The fraction of sp³-hybridized carbons (Fsp3) is 0.304. The quantitative estimate of drug-likeness (QED) is 0.414. The molecule has 2 bridgehead atoms. The van der Waals surface area contributed by atoms with Gasteiger partial charge in [0.2, 0.25) is 15.0 Å². The molecule has 1 fully saturated rings. The highest BCUT2D eigenvalue weighted by Gasteiger charge is 2.66. The van der Waals surface area contributed by atoms with Crippen LogP contribution in [-0.2, 0) is 15.4 Å². The molecular formula is C23H23F3N2O6S2. The number of carbonyl (C=O) groups is 1. The van der Waals surface area contributed by atoms with E-state index in [0.717, 1.165) is 18.2 Å². The Morgan fingerprint density at radius 3 is 2.53 bits per heavy atom. The molecule has 0 aromatic heterocycles. The molecule has 0 radical (unpaired) electrons. The minimum absolute atomic E-state index is 0.00664. The Kier molecular flexibility index (Phi) is 6.48. The lowest BCUT2D eigenvalue weighted by Gasteiger charge is -2.55. The third kappa shape index (κ3) is 3.90. The van der Waals surface area contributed by atoms with Crippen molar-refractivity contribution in [3.05, 3.63) is 70.6 Å². The van der Waals surface area contributed by atoms with E-state index in [4.69, 9.17) is 0 Å². The maximum atomic E-state index is 15.1. The highest BCUT2D eigenvalue weighted by atomic mass is 32.3. The van der Waals surface area contributed by atoms with E-state index in [0.29, 0.717) is 6.08 Å². The molecule has 1 amide bonds. The summed E-state index contributed by atoms with van der Waals surface area (Å²) < 4.78 is 89.4. The zero-order chi connectivity index (χ0) is 26.5. The fourth-order valence-corrected chi connectivity index (χ4v) is 8.65. The van der Waals surface area contributed by atoms with Gasteiger partial charge in [0.1, 0.15) is 28.6 Å². The van der Waals surface area contributed by atoms with Gasteiger partial charge in [-0.05, 0) is 55.7 Å². The Morgan fingerprint density at radius 2 is 1.92 bits per heavy atom. The topological polar surface area (TPSA) is 136 Å². The van der Waals surface area contributed by atoms with Crippen molar-refractivity contribution >= 4 is 38.4 Å². The van der Waals surface area contributed by atoms with Crippen LogP contribution in [0.1, 0.15) is 30.9 Å². The average Bonchev–Trinajstić information content (AvgIpc) is 3.02. The van der Waals surface area contributed by atoms with Crippen LogP contribution in [0.4, 0.5) is 18.0 Å². The smallest absolute Gasteiger partial charge is 0.410 e. The molecule has 4 rings (SSSR count). The molecule has 0 unspecified atom stereocenters. The van der Waals surface area contributed by atoms with Crippen molar-refractivity contribution in [2.45, 2.75) is 40.2 Å². The van der Waals surface area contributed by atoms with Gasteiger partial charge in [-0.1, -0.05) is 24.3 Å². The first-order chi connectivity index (χ1) is 16.8. The van der Waals surface area contributed by atoms with Gasteiger partial charge in [-0.15, -0.1) is 0 Å². The Balaban J connectivity index is 1.85. The minimum atomic E-state index is -4.48. The first-order valence-corrected chi connectivity index (χ1v) is 13.8. The van der Waals surface area contributed by atoms with Crippen molar-refractivity contribution in [2.75, 3.05) is 6.67 Å². The maximum Gasteiger partial charge on any atom is 0.410 e. The molecule has 2 aliphatic heterocycles. The van der Waals surface area contributed by atoms with Gasteiger partial charge < -0.3 is 5.11 Å². The second-order valence-electron chi connectivity index (χ2n) is 8.79. The van der Waals surface area contributed by atoms with Gasteiger partial charge in [-0.25, -0.2) is 22.0 Å². The third-order valence-corrected chi connectivity index (χ3v) is 11.4. The van der Waals surface area contributed by atoms with Crippen LogP contribution in [0.25, 0.3) is 6.08 Å². The SMILES string of the molecule is C[C@]1(c2cc(/C=C(\F)S(=O)(=O)c3ccccc3)ccc2F)N=C(NC(=O)O)[C@@]2(CF)CC[C@@H]1S2(O)O. The summed E-state index contributed by atoms with van der Waals surface area (Å²) in [6.45, 7) is 0.0423. The van der Waals surface area contributed by atoms with Crippen molar-refractivity contribution in [2.24, 2.45) is 4.99 Å². The van der Waals surface area contributed by atoms with Crippen molar-refractivity contribution in [1.29, 1.82) is 0 Å². The molecule has 4 N–H and O–H groups in total. The van der Waals surface area contributed by atoms with Gasteiger partial charge >= 0.3 is 6.09 Å². The molecule has 2 aromatic carbocycles. The predicted molar refractivity (Wildman–Crippen MR) is 130 cm³/mol. The molecule has 0 aliphatic carbocycles. The van der Waals surface area contributed by atoms with E-state index in [9.17, 15) is 36.2 Å². The van der Waals surface area contributed by atoms with Crippen LogP contribution in [-0.4, -0.2) is 51.2 Å². The molecular weight excluding hydrogens is 521 g/mol. The summed E-state index contributed by atoms with van der Waals surface area (Å²) >= 11 is 0. The number of benzene rings is 2. The van der Waals surface area contributed by atoms with E-state index in [1.165, 1.54) is 31.2 Å². The molecule has 3 atom stereocenters. The Morgan fingerprint density at radius 1 is 1.25 bits per heavy atom. The number of amidine groups is 1. The minimum Gasteiger partial charge on any atom is -0.465 e. The number of fused-ring (bicyclic) bond motifs is 2. The zero-order valence-electron chi connectivity index (χ0n) is 18.9. The van der Waals surface area contributed by atoms with Crippen LogP contribution < -0.4 is 5.32 Å². The number of alkyl halides is 1. The lowest BCUT2D eigenvalue weighted by atomic mass is 9.86. The van der Waals surface area contributed by atoms with E-state index < -0.39 is 65.5 Å². The summed E-state index contributed by atoms with van der Waals surface area (Å²) in [5.74, 6) is -1.42. The Bertz CT molecular complexity index is 1380. The van der Waals surface area contributed by atoms with Crippen LogP contribution in [0.5, 0.6) is 0 Å². The number of sulfone groups is 1. The molecule has 0 spiro atoms. The summed E-state index contributed by atoms with van der Waals surface area (Å²) in [6, 6.07) is 10.0. The van der Waals surface area contributed by atoms with Crippen molar-refractivity contribution in [1.82, 2.24) is 5.32 Å². The monoisotopic (exact) mass is 544 g/mol. The van der Waals surface area contributed by atoms with Gasteiger partial charge in [0.05, 0.1) is 10.1 Å². The van der Waals surface area contributed by atoms with E-state index in [1.807, 2.05) is 5.32 Å². The molecule has 2 heterocycles. The van der Waals surface area contributed by atoms with Gasteiger partial charge in [0.25, 0.3) is 0 Å². The molecule has 2 aliphatic rings. The Labute approximate surface area is 206 Å². The maximum absolute atomic E-state index is 15.1. The van der Waals surface area contributed by atoms with Crippen molar-refractivity contribution in [3.63, 3.8) is 0 Å². The number of halogens is 3. The number of hydrogen-bond donors (Lipinski definition) is 4. The van der Waals surface area contributed by atoms with Crippen LogP contribution >= 0.6 is 10.6 Å².